The largest absolute Gasteiger partial charge is 0.744 e. The molecule has 0 atom stereocenters. The van der Waals surface area contributed by atoms with Gasteiger partial charge in [0.05, 0.1) is 20.6 Å². The molecule has 20 heavy (non-hydrogen) atoms. The zero-order valence-electron chi connectivity index (χ0n) is 9.55. The minimum Gasteiger partial charge on any atom is -0.744 e. The van der Waals surface area contributed by atoms with Crippen molar-refractivity contribution in [3.05, 3.63) is 50.6 Å². The molecule has 2 aromatic carbocycles. The molecule has 0 radical (unpaired) electrons. The Hall–Kier alpha value is -2.59. The van der Waals surface area contributed by atoms with Crippen molar-refractivity contribution in [1.82, 2.24) is 0 Å². The van der Waals surface area contributed by atoms with E-state index < -0.39 is 36.2 Å². The molecule has 2 rings (SSSR count). The summed E-state index contributed by atoms with van der Waals surface area (Å²) in [5, 5.41) is 21.4. The maximum Gasteiger partial charge on any atom is 0.294 e. The zero-order chi connectivity index (χ0) is 15.1. The lowest BCUT2D eigenvalue weighted by molar-refractivity contribution is -0.386. The quantitative estimate of drug-likeness (QED) is 0.474. The van der Waals surface area contributed by atoms with Crippen molar-refractivity contribution >= 4 is 32.3 Å². The van der Waals surface area contributed by atoms with Gasteiger partial charge in [-0.15, -0.1) is 0 Å². The Balaban J connectivity index is 3.02. The fourth-order valence-electron chi connectivity index (χ4n) is 1.85. The summed E-state index contributed by atoms with van der Waals surface area (Å²) in [5.74, 6) is 0. The molecule has 9 nitrogen and oxygen atoms in total. The smallest absolute Gasteiger partial charge is 0.294 e. The van der Waals surface area contributed by atoms with Crippen molar-refractivity contribution in [3.8, 4) is 0 Å². The molecule has 0 amide bonds. The van der Waals surface area contributed by atoms with Gasteiger partial charge >= 0.3 is 0 Å². The summed E-state index contributed by atoms with van der Waals surface area (Å²) in [6.45, 7) is 0. The first-order chi connectivity index (χ1) is 9.23. The molecule has 0 saturated heterocycles. The number of benzene rings is 2. The average Bonchev–Trinajstić information content (AvgIpc) is 2.34. The molecule has 0 heterocycles. The van der Waals surface area contributed by atoms with E-state index in [4.69, 9.17) is 0 Å². The predicted octanol–water partition coefficient (Wildman–Crippen LogP) is 1.56. The van der Waals surface area contributed by atoms with Gasteiger partial charge in [-0.1, -0.05) is 6.07 Å². The summed E-state index contributed by atoms with van der Waals surface area (Å²) in [5.41, 5.74) is -1.37. The van der Waals surface area contributed by atoms with Crippen molar-refractivity contribution in [2.45, 2.75) is 4.90 Å². The maximum absolute atomic E-state index is 11.0. The van der Waals surface area contributed by atoms with Crippen LogP contribution in [0.4, 0.5) is 11.4 Å². The van der Waals surface area contributed by atoms with Crippen LogP contribution in [-0.2, 0) is 10.1 Å². The van der Waals surface area contributed by atoms with Crippen molar-refractivity contribution in [2.24, 2.45) is 0 Å². The second-order valence-electron chi connectivity index (χ2n) is 3.75. The highest BCUT2D eigenvalue weighted by Crippen LogP contribution is 2.36. The number of rotatable bonds is 3. The maximum atomic E-state index is 11.0. The van der Waals surface area contributed by atoms with Gasteiger partial charge in [-0.2, -0.15) is 0 Å². The molecule has 0 unspecified atom stereocenters. The number of non-ortho nitro benzene ring substituents is 1. The topological polar surface area (TPSA) is 143 Å². The Kier molecular flexibility index (Phi) is 3.12. The minimum atomic E-state index is -5.06. The molecule has 0 aromatic heterocycles. The standard InChI is InChI=1S/C10H6N2O7S/c13-11(14)8-3-1-2-7-6(8)4-5-9(20(17,18)19)10(7)12(15)16/h1-5H,(H,17,18,19)/p-1. The predicted molar refractivity (Wildman–Crippen MR) is 65.2 cm³/mol. The molecular weight excluding hydrogens is 292 g/mol. The van der Waals surface area contributed by atoms with Gasteiger partial charge in [0.2, 0.25) is 0 Å². The van der Waals surface area contributed by atoms with Crippen LogP contribution in [0.5, 0.6) is 0 Å². The number of nitro groups is 2. The summed E-state index contributed by atoms with van der Waals surface area (Å²) in [6.07, 6.45) is 0. The fourth-order valence-corrected chi connectivity index (χ4v) is 2.51. The molecule has 10 heteroatoms. The summed E-state index contributed by atoms with van der Waals surface area (Å²) >= 11 is 0. The third kappa shape index (κ3) is 2.17. The van der Waals surface area contributed by atoms with Gasteiger partial charge in [0.15, 0.2) is 0 Å². The Morgan fingerprint density at radius 2 is 1.55 bits per heavy atom. The molecule has 2 aromatic rings. The highest BCUT2D eigenvalue weighted by Gasteiger charge is 2.25. The van der Waals surface area contributed by atoms with Crippen LogP contribution in [0.3, 0.4) is 0 Å². The van der Waals surface area contributed by atoms with Crippen LogP contribution >= 0.6 is 0 Å². The van der Waals surface area contributed by atoms with Gasteiger partial charge in [-0.05, 0) is 18.2 Å². The molecule has 0 aliphatic rings. The second-order valence-corrected chi connectivity index (χ2v) is 5.10. The van der Waals surface area contributed by atoms with E-state index >= 15 is 0 Å². The lowest BCUT2D eigenvalue weighted by Gasteiger charge is -2.09. The van der Waals surface area contributed by atoms with Crippen LogP contribution < -0.4 is 0 Å². The summed E-state index contributed by atoms with van der Waals surface area (Å²) in [6, 6.07) is 5.16. The van der Waals surface area contributed by atoms with Crippen LogP contribution in [0.1, 0.15) is 0 Å². The van der Waals surface area contributed by atoms with E-state index in [0.29, 0.717) is 6.07 Å². The van der Waals surface area contributed by atoms with Crippen molar-refractivity contribution in [2.75, 3.05) is 0 Å². The molecule has 0 N–H and O–H groups in total. The highest BCUT2D eigenvalue weighted by atomic mass is 32.2. The Morgan fingerprint density at radius 3 is 2.05 bits per heavy atom. The van der Waals surface area contributed by atoms with Gasteiger partial charge in [-0.25, -0.2) is 8.42 Å². The molecule has 0 bridgehead atoms. The van der Waals surface area contributed by atoms with Crippen molar-refractivity contribution in [1.29, 1.82) is 0 Å². The third-order valence-corrected chi connectivity index (χ3v) is 3.49. The first-order valence-electron chi connectivity index (χ1n) is 5.04. The van der Waals surface area contributed by atoms with Gasteiger partial charge < -0.3 is 4.55 Å². The average molecular weight is 297 g/mol. The Bertz CT molecular complexity index is 844. The Labute approximate surface area is 111 Å². The van der Waals surface area contributed by atoms with Gasteiger partial charge in [-0.3, -0.25) is 20.2 Å². The van der Waals surface area contributed by atoms with Crippen molar-refractivity contribution in [3.63, 3.8) is 0 Å². The zero-order valence-corrected chi connectivity index (χ0v) is 10.4. The van der Waals surface area contributed by atoms with E-state index in [2.05, 4.69) is 0 Å². The van der Waals surface area contributed by atoms with Gasteiger partial charge in [0, 0.05) is 6.07 Å². The van der Waals surface area contributed by atoms with Crippen LogP contribution in [0.15, 0.2) is 35.2 Å². The second kappa shape index (κ2) is 4.51. The highest BCUT2D eigenvalue weighted by molar-refractivity contribution is 7.86. The summed E-state index contributed by atoms with van der Waals surface area (Å²) < 4.78 is 33.1. The molecule has 0 fully saturated rings. The lowest BCUT2D eigenvalue weighted by atomic mass is 10.1. The molecule has 0 aliphatic heterocycles. The lowest BCUT2D eigenvalue weighted by Crippen LogP contribution is -2.04. The number of nitro benzene ring substituents is 2. The molecule has 0 spiro atoms. The van der Waals surface area contributed by atoms with Gasteiger partial charge in [0.1, 0.15) is 15.0 Å². The summed E-state index contributed by atoms with van der Waals surface area (Å²) in [4.78, 5) is 19.0. The first kappa shape index (κ1) is 13.8. The molecule has 0 saturated carbocycles. The molecule has 0 aliphatic carbocycles. The van der Waals surface area contributed by atoms with Crippen LogP contribution in [0, 0.1) is 20.2 Å². The van der Waals surface area contributed by atoms with E-state index in [-0.39, 0.29) is 10.8 Å². The monoisotopic (exact) mass is 297 g/mol. The normalized spacial score (nSPS) is 11.4. The Morgan fingerprint density at radius 1 is 0.900 bits per heavy atom. The van der Waals surface area contributed by atoms with Crippen molar-refractivity contribution < 1.29 is 22.8 Å². The van der Waals surface area contributed by atoms with E-state index in [1.807, 2.05) is 0 Å². The number of nitrogens with zero attached hydrogens (tertiary/aromatic N) is 2. The fraction of sp³-hybridized carbons (Fsp3) is 0. The summed E-state index contributed by atoms with van der Waals surface area (Å²) in [7, 11) is -5.06. The van der Waals surface area contributed by atoms with E-state index in [1.165, 1.54) is 6.07 Å². The van der Waals surface area contributed by atoms with Crippen LogP contribution in [-0.4, -0.2) is 22.8 Å². The minimum absolute atomic E-state index is 0.114. The molecular formula is C10H5N2O7S-. The number of hydrogen-bond donors (Lipinski definition) is 0. The third-order valence-electron chi connectivity index (χ3n) is 2.62. The number of fused-ring (bicyclic) bond motifs is 1. The molecule has 104 valence electrons. The van der Waals surface area contributed by atoms with Gasteiger partial charge in [0.25, 0.3) is 11.4 Å². The van der Waals surface area contributed by atoms with Crippen LogP contribution in [0.25, 0.3) is 10.8 Å². The number of hydrogen-bond acceptors (Lipinski definition) is 7. The SMILES string of the molecule is O=[N+]([O-])c1cccc2c([N+](=O)[O-])c(S(=O)(=O)[O-])ccc12. The van der Waals surface area contributed by atoms with E-state index in [0.717, 1.165) is 18.2 Å². The van der Waals surface area contributed by atoms with E-state index in [9.17, 15) is 33.2 Å². The van der Waals surface area contributed by atoms with Crippen LogP contribution in [0.2, 0.25) is 0 Å². The van der Waals surface area contributed by atoms with E-state index in [1.54, 1.807) is 0 Å². The first-order valence-corrected chi connectivity index (χ1v) is 6.44.